The lowest BCUT2D eigenvalue weighted by Crippen LogP contribution is -2.35. The second-order valence-corrected chi connectivity index (χ2v) is 7.35. The smallest absolute Gasteiger partial charge is 0.410 e. The molecular weight excluding hydrogens is 409 g/mol. The van der Waals surface area contributed by atoms with Crippen molar-refractivity contribution in [2.24, 2.45) is 0 Å². The summed E-state index contributed by atoms with van der Waals surface area (Å²) in [6, 6.07) is 14.9. The first-order valence-electron chi connectivity index (χ1n) is 9.65. The van der Waals surface area contributed by atoms with Crippen molar-refractivity contribution in [3.63, 3.8) is 0 Å². The van der Waals surface area contributed by atoms with Crippen molar-refractivity contribution in [1.29, 1.82) is 0 Å². The van der Waals surface area contributed by atoms with Gasteiger partial charge in [0.1, 0.15) is 11.6 Å². The van der Waals surface area contributed by atoms with E-state index < -0.39 is 24.2 Å². The highest BCUT2D eigenvalue weighted by Gasteiger charge is 2.47. The first-order valence-corrected chi connectivity index (χ1v) is 9.65. The number of nitrogens with one attached hydrogen (secondary N) is 2. The summed E-state index contributed by atoms with van der Waals surface area (Å²) < 4.78 is 47.4. The third-order valence-corrected chi connectivity index (χ3v) is 5.35. The Morgan fingerprint density at radius 1 is 1.13 bits per heavy atom. The predicted molar refractivity (Wildman–Crippen MR) is 109 cm³/mol. The maximum Gasteiger partial charge on any atom is 0.410 e. The maximum atomic E-state index is 13.7. The van der Waals surface area contributed by atoms with Gasteiger partial charge < -0.3 is 15.1 Å². The summed E-state index contributed by atoms with van der Waals surface area (Å²) in [6.45, 7) is 0. The van der Waals surface area contributed by atoms with Gasteiger partial charge in [-0.25, -0.2) is 4.68 Å². The number of hydrogen-bond donors (Lipinski definition) is 2. The van der Waals surface area contributed by atoms with E-state index in [1.165, 1.54) is 12.3 Å². The van der Waals surface area contributed by atoms with Crippen molar-refractivity contribution >= 4 is 28.2 Å². The molecule has 2 atom stereocenters. The number of fused-ring (bicyclic) bond motifs is 2. The number of carbonyl (C=O) groups is 1. The zero-order chi connectivity index (χ0) is 21.6. The molecule has 0 aliphatic carbocycles. The number of rotatable bonds is 3. The largest absolute Gasteiger partial charge is 0.467 e. The van der Waals surface area contributed by atoms with Crippen LogP contribution in [0.4, 0.5) is 24.7 Å². The fraction of sp³-hybridized carbons (Fsp3) is 0.182. The average Bonchev–Trinajstić information content (AvgIpc) is 3.42. The molecule has 9 heteroatoms. The Labute approximate surface area is 174 Å². The molecule has 0 fully saturated rings. The lowest BCUT2D eigenvalue weighted by atomic mass is 10.0. The van der Waals surface area contributed by atoms with Gasteiger partial charge in [-0.3, -0.25) is 4.79 Å². The quantitative estimate of drug-likeness (QED) is 0.451. The van der Waals surface area contributed by atoms with Crippen LogP contribution in [-0.2, 0) is 0 Å². The van der Waals surface area contributed by atoms with Crippen LogP contribution in [0.2, 0.25) is 0 Å². The number of nitrogens with zero attached hydrogens (tertiary/aromatic N) is 2. The van der Waals surface area contributed by atoms with Crippen molar-refractivity contribution in [3.05, 3.63) is 78.4 Å². The molecule has 0 radical (unpaired) electrons. The molecule has 1 aliphatic heterocycles. The molecule has 5 rings (SSSR count). The lowest BCUT2D eigenvalue weighted by molar-refractivity contribution is -0.174. The van der Waals surface area contributed by atoms with E-state index in [0.717, 1.165) is 15.5 Å². The molecule has 31 heavy (non-hydrogen) atoms. The third kappa shape index (κ3) is 3.52. The van der Waals surface area contributed by atoms with E-state index in [0.29, 0.717) is 11.4 Å². The minimum atomic E-state index is -4.53. The van der Waals surface area contributed by atoms with Gasteiger partial charge in [-0.2, -0.15) is 18.3 Å². The standard InChI is InChI=1S/C22H17F3N4O2/c23-22(24,25)19-11-16(18-9-4-10-31-18)26-20-12-17(28-29(19)20)21(30)27-15-8-3-6-13-5-1-2-7-14(13)15/h1-10,12,16,19,26H,11H2,(H,27,30)/t16-,19+/m0/s1. The number of carbonyl (C=O) groups excluding carboxylic acids is 1. The van der Waals surface area contributed by atoms with Crippen molar-refractivity contribution < 1.29 is 22.4 Å². The van der Waals surface area contributed by atoms with Gasteiger partial charge in [0, 0.05) is 23.6 Å². The number of benzene rings is 2. The van der Waals surface area contributed by atoms with Gasteiger partial charge in [-0.15, -0.1) is 0 Å². The number of alkyl halides is 3. The Bertz CT molecular complexity index is 1240. The van der Waals surface area contributed by atoms with E-state index in [9.17, 15) is 18.0 Å². The summed E-state index contributed by atoms with van der Waals surface area (Å²) in [4.78, 5) is 12.8. The van der Waals surface area contributed by atoms with Crippen LogP contribution < -0.4 is 10.6 Å². The molecule has 1 aliphatic rings. The van der Waals surface area contributed by atoms with Crippen molar-refractivity contribution in [2.75, 3.05) is 10.6 Å². The Hall–Kier alpha value is -3.75. The average molecular weight is 426 g/mol. The number of amides is 1. The first kappa shape index (κ1) is 19.2. The minimum Gasteiger partial charge on any atom is -0.467 e. The second kappa shape index (κ2) is 7.19. The van der Waals surface area contributed by atoms with Crippen molar-refractivity contribution in [1.82, 2.24) is 9.78 Å². The molecule has 1 amide bonds. The third-order valence-electron chi connectivity index (χ3n) is 5.35. The Balaban J connectivity index is 1.47. The van der Waals surface area contributed by atoms with Gasteiger partial charge in [-0.05, 0) is 23.6 Å². The van der Waals surface area contributed by atoms with Gasteiger partial charge >= 0.3 is 6.18 Å². The molecule has 4 aromatic rings. The fourth-order valence-electron chi connectivity index (χ4n) is 3.88. The number of hydrogen-bond acceptors (Lipinski definition) is 4. The zero-order valence-corrected chi connectivity index (χ0v) is 16.1. The Morgan fingerprint density at radius 2 is 1.94 bits per heavy atom. The van der Waals surface area contributed by atoms with Gasteiger partial charge in [0.2, 0.25) is 0 Å². The van der Waals surface area contributed by atoms with E-state index in [-0.39, 0.29) is 17.9 Å². The fourth-order valence-corrected chi connectivity index (χ4v) is 3.88. The van der Waals surface area contributed by atoms with E-state index in [1.54, 1.807) is 24.3 Å². The molecule has 3 heterocycles. The molecule has 0 saturated heterocycles. The summed E-state index contributed by atoms with van der Waals surface area (Å²) in [5, 5.41) is 11.5. The van der Waals surface area contributed by atoms with Crippen LogP contribution in [0.15, 0.2) is 71.3 Å². The molecule has 0 spiro atoms. The summed E-state index contributed by atoms with van der Waals surface area (Å²) in [7, 11) is 0. The molecule has 2 aromatic carbocycles. The molecule has 0 bridgehead atoms. The van der Waals surface area contributed by atoms with Crippen molar-refractivity contribution in [2.45, 2.75) is 24.7 Å². The summed E-state index contributed by atoms with van der Waals surface area (Å²) in [5.41, 5.74) is 0.452. The van der Waals surface area contributed by atoms with Crippen LogP contribution in [0.25, 0.3) is 10.8 Å². The monoisotopic (exact) mass is 426 g/mol. The van der Waals surface area contributed by atoms with Gasteiger partial charge in [0.25, 0.3) is 5.91 Å². The number of anilines is 2. The number of halogens is 3. The van der Waals surface area contributed by atoms with Crippen LogP contribution in [0, 0.1) is 0 Å². The highest BCUT2D eigenvalue weighted by molar-refractivity contribution is 6.08. The van der Waals surface area contributed by atoms with Crippen LogP contribution in [0.1, 0.15) is 34.8 Å². The summed E-state index contributed by atoms with van der Waals surface area (Å²) in [5.74, 6) is -0.0861. The summed E-state index contributed by atoms with van der Waals surface area (Å²) in [6.07, 6.45) is -3.41. The predicted octanol–water partition coefficient (Wildman–Crippen LogP) is 5.54. The molecular formula is C22H17F3N4O2. The van der Waals surface area contributed by atoms with Crippen molar-refractivity contribution in [3.8, 4) is 0 Å². The van der Waals surface area contributed by atoms with Crippen LogP contribution in [-0.4, -0.2) is 21.9 Å². The van der Waals surface area contributed by atoms with Gasteiger partial charge in [0.15, 0.2) is 11.7 Å². The molecule has 6 nitrogen and oxygen atoms in total. The van der Waals surface area contributed by atoms with E-state index in [4.69, 9.17) is 4.42 Å². The summed E-state index contributed by atoms with van der Waals surface area (Å²) >= 11 is 0. The van der Waals surface area contributed by atoms with E-state index in [1.807, 2.05) is 30.3 Å². The Kier molecular flexibility index (Phi) is 4.46. The normalized spacial score (nSPS) is 18.4. The molecule has 2 aromatic heterocycles. The van der Waals surface area contributed by atoms with E-state index >= 15 is 0 Å². The van der Waals surface area contributed by atoms with E-state index in [2.05, 4.69) is 15.7 Å². The first-order chi connectivity index (χ1) is 14.9. The highest BCUT2D eigenvalue weighted by Crippen LogP contribution is 2.43. The van der Waals surface area contributed by atoms with Crippen LogP contribution in [0.5, 0.6) is 0 Å². The molecule has 0 unspecified atom stereocenters. The highest BCUT2D eigenvalue weighted by atomic mass is 19.4. The zero-order valence-electron chi connectivity index (χ0n) is 16.1. The number of furan rings is 1. The molecule has 158 valence electrons. The maximum absolute atomic E-state index is 13.7. The number of aromatic nitrogens is 2. The van der Waals surface area contributed by atoms with Gasteiger partial charge in [-0.1, -0.05) is 36.4 Å². The van der Waals surface area contributed by atoms with Crippen LogP contribution >= 0.6 is 0 Å². The molecule has 0 saturated carbocycles. The Morgan fingerprint density at radius 3 is 2.71 bits per heavy atom. The van der Waals surface area contributed by atoms with Gasteiger partial charge in [0.05, 0.1) is 12.3 Å². The lowest BCUT2D eigenvalue weighted by Gasteiger charge is -2.32. The SMILES string of the molecule is O=C(Nc1cccc2ccccc12)c1cc2n(n1)[C@@H](C(F)(F)F)C[C@@H](c1ccco1)N2. The topological polar surface area (TPSA) is 72.1 Å². The minimum absolute atomic E-state index is 0.107. The molecule has 2 N–H and O–H groups in total. The second-order valence-electron chi connectivity index (χ2n) is 7.35. The van der Waals surface area contributed by atoms with Crippen LogP contribution in [0.3, 0.4) is 0 Å².